The van der Waals surface area contributed by atoms with Gasteiger partial charge in [0, 0.05) is 23.4 Å². The van der Waals surface area contributed by atoms with E-state index in [2.05, 4.69) is 17.1 Å². The van der Waals surface area contributed by atoms with Crippen LogP contribution >= 0.6 is 0 Å². The molecule has 0 radical (unpaired) electrons. The van der Waals surface area contributed by atoms with Crippen molar-refractivity contribution < 1.29 is 9.59 Å². The zero-order valence-electron chi connectivity index (χ0n) is 14.6. The average Bonchev–Trinajstić information content (AvgIpc) is 2.70. The number of amides is 1. The smallest absolute Gasteiger partial charge is 0.255 e. The summed E-state index contributed by atoms with van der Waals surface area (Å²) in [4.78, 5) is 25.5. The maximum Gasteiger partial charge on any atom is 0.255 e. The fourth-order valence-electron chi connectivity index (χ4n) is 2.82. The van der Waals surface area contributed by atoms with E-state index in [-0.39, 0.29) is 5.91 Å². The third kappa shape index (κ3) is 3.81. The Hall–Kier alpha value is -3.40. The molecule has 0 saturated heterocycles. The maximum atomic E-state index is 12.6. The maximum absolute atomic E-state index is 12.6. The monoisotopic (exact) mass is 344 g/mol. The Morgan fingerprint density at radius 3 is 2.23 bits per heavy atom. The first-order valence-electron chi connectivity index (χ1n) is 8.51. The summed E-state index contributed by atoms with van der Waals surface area (Å²) in [6.45, 7) is 2.84. The first-order valence-corrected chi connectivity index (χ1v) is 8.51. The summed E-state index contributed by atoms with van der Waals surface area (Å²) >= 11 is 0. The second-order valence-electron chi connectivity index (χ2n) is 5.79. The Kier molecular flexibility index (Phi) is 5.44. The highest BCUT2D eigenvalue weighted by atomic mass is 16.1. The van der Waals surface area contributed by atoms with Gasteiger partial charge in [-0.3, -0.25) is 9.59 Å². The van der Waals surface area contributed by atoms with Gasteiger partial charge in [0.15, 0.2) is 0 Å². The highest BCUT2D eigenvalue weighted by Crippen LogP contribution is 2.32. The lowest BCUT2D eigenvalue weighted by atomic mass is 10.1. The van der Waals surface area contributed by atoms with Crippen molar-refractivity contribution in [2.75, 3.05) is 16.8 Å². The Morgan fingerprint density at radius 2 is 1.58 bits per heavy atom. The van der Waals surface area contributed by atoms with E-state index in [0.717, 1.165) is 29.9 Å². The van der Waals surface area contributed by atoms with Gasteiger partial charge >= 0.3 is 0 Å². The van der Waals surface area contributed by atoms with Gasteiger partial charge in [-0.25, -0.2) is 0 Å². The molecule has 4 nitrogen and oxygen atoms in total. The van der Waals surface area contributed by atoms with E-state index >= 15 is 0 Å². The Labute approximate surface area is 153 Å². The molecule has 1 N–H and O–H groups in total. The number of anilines is 3. The largest absolute Gasteiger partial charge is 0.340 e. The van der Waals surface area contributed by atoms with Crippen molar-refractivity contribution in [1.82, 2.24) is 0 Å². The molecule has 0 heterocycles. The number of nitrogens with one attached hydrogen (secondary N) is 1. The van der Waals surface area contributed by atoms with Crippen molar-refractivity contribution in [2.24, 2.45) is 0 Å². The quantitative estimate of drug-likeness (QED) is 0.646. The van der Waals surface area contributed by atoms with E-state index in [1.54, 1.807) is 24.3 Å². The highest BCUT2D eigenvalue weighted by molar-refractivity contribution is 6.06. The first kappa shape index (κ1) is 17.4. The Morgan fingerprint density at radius 1 is 0.923 bits per heavy atom. The molecular formula is C22H20N2O2. The van der Waals surface area contributed by atoms with E-state index in [4.69, 9.17) is 0 Å². The fraction of sp³-hybridized carbons (Fsp3) is 0.0909. The lowest BCUT2D eigenvalue weighted by Gasteiger charge is -2.26. The number of para-hydroxylation sites is 3. The number of hydrogen-bond acceptors (Lipinski definition) is 3. The summed E-state index contributed by atoms with van der Waals surface area (Å²) in [5.41, 5.74) is 3.78. The van der Waals surface area contributed by atoms with E-state index in [1.807, 2.05) is 54.6 Å². The van der Waals surface area contributed by atoms with Gasteiger partial charge in [0.05, 0.1) is 11.4 Å². The minimum Gasteiger partial charge on any atom is -0.340 e. The van der Waals surface area contributed by atoms with Crippen LogP contribution in [0.3, 0.4) is 0 Å². The first-order chi connectivity index (χ1) is 12.7. The minimum atomic E-state index is -0.209. The Balaban J connectivity index is 1.88. The van der Waals surface area contributed by atoms with E-state index < -0.39 is 0 Å². The van der Waals surface area contributed by atoms with Gasteiger partial charge < -0.3 is 10.2 Å². The normalized spacial score (nSPS) is 10.2. The molecule has 3 rings (SSSR count). The molecule has 130 valence electrons. The number of benzene rings is 3. The number of hydrogen-bond donors (Lipinski definition) is 1. The van der Waals surface area contributed by atoms with Crippen LogP contribution in [0.4, 0.5) is 17.1 Å². The van der Waals surface area contributed by atoms with Crippen LogP contribution in [0.15, 0.2) is 78.9 Å². The molecule has 4 heteroatoms. The summed E-state index contributed by atoms with van der Waals surface area (Å²) in [7, 11) is 0. The van der Waals surface area contributed by atoms with E-state index in [9.17, 15) is 9.59 Å². The van der Waals surface area contributed by atoms with Crippen LogP contribution in [0.25, 0.3) is 0 Å². The second kappa shape index (κ2) is 8.12. The molecule has 26 heavy (non-hydrogen) atoms. The van der Waals surface area contributed by atoms with Crippen LogP contribution in [0.5, 0.6) is 0 Å². The zero-order valence-corrected chi connectivity index (χ0v) is 14.6. The molecule has 1 amide bonds. The second-order valence-corrected chi connectivity index (χ2v) is 5.79. The van der Waals surface area contributed by atoms with Gasteiger partial charge in [-0.1, -0.05) is 42.5 Å². The van der Waals surface area contributed by atoms with Crippen LogP contribution < -0.4 is 10.2 Å². The topological polar surface area (TPSA) is 49.4 Å². The summed E-state index contributed by atoms with van der Waals surface area (Å²) in [5.74, 6) is -0.209. The van der Waals surface area contributed by atoms with Crippen LogP contribution in [-0.2, 0) is 0 Å². The number of nitrogens with zero attached hydrogens (tertiary/aromatic N) is 1. The van der Waals surface area contributed by atoms with Crippen LogP contribution in [0.2, 0.25) is 0 Å². The van der Waals surface area contributed by atoms with Gasteiger partial charge in [-0.2, -0.15) is 0 Å². The van der Waals surface area contributed by atoms with Gasteiger partial charge in [0.25, 0.3) is 5.91 Å². The molecule has 0 atom stereocenters. The molecule has 3 aromatic rings. The zero-order chi connectivity index (χ0) is 18.4. The van der Waals surface area contributed by atoms with Crippen molar-refractivity contribution in [2.45, 2.75) is 6.92 Å². The fourth-order valence-corrected chi connectivity index (χ4v) is 2.82. The number of rotatable bonds is 6. The molecule has 0 spiro atoms. The van der Waals surface area contributed by atoms with Crippen molar-refractivity contribution in [3.05, 3.63) is 90.0 Å². The van der Waals surface area contributed by atoms with Crippen LogP contribution in [0, 0.1) is 0 Å². The van der Waals surface area contributed by atoms with Crippen LogP contribution in [0.1, 0.15) is 27.6 Å². The summed E-state index contributed by atoms with van der Waals surface area (Å²) < 4.78 is 0. The van der Waals surface area contributed by atoms with Gasteiger partial charge in [-0.15, -0.1) is 0 Å². The number of aldehydes is 1. The molecule has 0 aromatic heterocycles. The molecule has 0 unspecified atom stereocenters. The van der Waals surface area contributed by atoms with Crippen LogP contribution in [-0.4, -0.2) is 18.7 Å². The predicted molar refractivity (Wildman–Crippen MR) is 105 cm³/mol. The molecule has 0 saturated carbocycles. The molecular weight excluding hydrogens is 324 g/mol. The van der Waals surface area contributed by atoms with Crippen molar-refractivity contribution in [3.63, 3.8) is 0 Å². The summed E-state index contributed by atoms with van der Waals surface area (Å²) in [6, 6.07) is 24.3. The number of carbonyl (C=O) groups is 2. The minimum absolute atomic E-state index is 0.209. The third-order valence-electron chi connectivity index (χ3n) is 4.14. The Bertz CT molecular complexity index is 890. The lowest BCUT2D eigenvalue weighted by molar-refractivity contribution is 0.102. The number of carbonyl (C=O) groups excluding carboxylic acids is 2. The average molecular weight is 344 g/mol. The standard InChI is InChI=1S/C22H20N2O2/c1-2-24(19-8-4-3-5-9-19)21-11-7-6-10-20(21)23-22(26)18-14-12-17(16-25)13-15-18/h3-16H,2H2,1H3,(H,23,26). The van der Waals surface area contributed by atoms with E-state index in [1.165, 1.54) is 0 Å². The highest BCUT2D eigenvalue weighted by Gasteiger charge is 2.14. The van der Waals surface area contributed by atoms with Crippen molar-refractivity contribution in [1.29, 1.82) is 0 Å². The third-order valence-corrected chi connectivity index (χ3v) is 4.14. The van der Waals surface area contributed by atoms with Crippen molar-refractivity contribution >= 4 is 29.3 Å². The van der Waals surface area contributed by atoms with Gasteiger partial charge in [0.2, 0.25) is 0 Å². The lowest BCUT2D eigenvalue weighted by Crippen LogP contribution is -2.20. The summed E-state index contributed by atoms with van der Waals surface area (Å²) in [5, 5.41) is 2.98. The van der Waals surface area contributed by atoms with Gasteiger partial charge in [-0.05, 0) is 43.3 Å². The predicted octanol–water partition coefficient (Wildman–Crippen LogP) is 4.91. The molecule has 0 fully saturated rings. The summed E-state index contributed by atoms with van der Waals surface area (Å²) in [6.07, 6.45) is 0.760. The molecule has 0 aliphatic rings. The van der Waals surface area contributed by atoms with Crippen molar-refractivity contribution in [3.8, 4) is 0 Å². The molecule has 0 aliphatic heterocycles. The molecule has 0 bridgehead atoms. The SMILES string of the molecule is CCN(c1ccccc1)c1ccccc1NC(=O)c1ccc(C=O)cc1. The molecule has 3 aromatic carbocycles. The molecule has 0 aliphatic carbocycles. The van der Waals surface area contributed by atoms with E-state index in [0.29, 0.717) is 11.1 Å². The van der Waals surface area contributed by atoms with Gasteiger partial charge in [0.1, 0.15) is 6.29 Å².